The van der Waals surface area contributed by atoms with E-state index in [-0.39, 0.29) is 6.54 Å². The van der Waals surface area contributed by atoms with Crippen LogP contribution in [0.1, 0.15) is 10.7 Å². The van der Waals surface area contributed by atoms with Crippen LogP contribution in [0.5, 0.6) is 0 Å². The Morgan fingerprint density at radius 3 is 2.59 bits per heavy atom. The number of aromatic nitrogens is 1. The van der Waals surface area contributed by atoms with Crippen LogP contribution in [0.25, 0.3) is 0 Å². The lowest BCUT2D eigenvalue weighted by Crippen LogP contribution is -2.47. The number of thiazole rings is 1. The molecule has 1 aliphatic heterocycles. The van der Waals surface area contributed by atoms with Gasteiger partial charge in [0.1, 0.15) is 5.01 Å². The van der Waals surface area contributed by atoms with Crippen molar-refractivity contribution < 1.29 is 9.90 Å². The smallest absolute Gasteiger partial charge is 0.317 e. The first-order valence-electron chi connectivity index (χ1n) is 5.71. The van der Waals surface area contributed by atoms with Crippen LogP contribution in [-0.2, 0) is 11.3 Å². The van der Waals surface area contributed by atoms with Gasteiger partial charge in [-0.2, -0.15) is 0 Å². The zero-order valence-electron chi connectivity index (χ0n) is 9.93. The van der Waals surface area contributed by atoms with E-state index in [1.165, 1.54) is 0 Å². The second kappa shape index (κ2) is 5.57. The molecule has 1 aliphatic rings. The summed E-state index contributed by atoms with van der Waals surface area (Å²) < 4.78 is 0. The maximum atomic E-state index is 10.6. The molecule has 0 amide bonds. The summed E-state index contributed by atoms with van der Waals surface area (Å²) in [6, 6.07) is 0. The molecule has 1 fully saturated rings. The Bertz CT molecular complexity index is 386. The third-order valence-corrected chi connectivity index (χ3v) is 3.80. The third-order valence-electron chi connectivity index (χ3n) is 2.85. The number of carbonyl (C=O) groups is 1. The number of carboxylic acids is 1. The van der Waals surface area contributed by atoms with Crippen LogP contribution in [0.3, 0.4) is 0 Å². The Kier molecular flexibility index (Phi) is 4.09. The van der Waals surface area contributed by atoms with Crippen LogP contribution in [0.2, 0.25) is 0 Å². The van der Waals surface area contributed by atoms with Gasteiger partial charge in [-0.25, -0.2) is 4.98 Å². The van der Waals surface area contributed by atoms with Gasteiger partial charge in [-0.15, -0.1) is 11.3 Å². The predicted octanol–water partition coefficient (Wildman–Crippen LogP) is 0.654. The molecule has 1 N–H and O–H groups in total. The van der Waals surface area contributed by atoms with Crippen molar-refractivity contribution in [3.8, 4) is 0 Å². The van der Waals surface area contributed by atoms with Crippen molar-refractivity contribution in [2.75, 3.05) is 32.7 Å². The zero-order chi connectivity index (χ0) is 12.3. The minimum atomic E-state index is -0.742. The number of hydrogen-bond acceptors (Lipinski definition) is 5. The summed E-state index contributed by atoms with van der Waals surface area (Å²) in [6.45, 7) is 6.56. The van der Waals surface area contributed by atoms with Crippen molar-refractivity contribution in [1.29, 1.82) is 0 Å². The number of nitrogens with zero attached hydrogens (tertiary/aromatic N) is 3. The van der Waals surface area contributed by atoms with E-state index in [4.69, 9.17) is 5.11 Å². The fraction of sp³-hybridized carbons (Fsp3) is 0.636. The fourth-order valence-corrected chi connectivity index (χ4v) is 2.78. The van der Waals surface area contributed by atoms with E-state index in [1.807, 2.05) is 11.8 Å². The maximum Gasteiger partial charge on any atom is 0.317 e. The molecule has 0 atom stereocenters. The van der Waals surface area contributed by atoms with Gasteiger partial charge in [-0.05, 0) is 6.92 Å². The highest BCUT2D eigenvalue weighted by Crippen LogP contribution is 2.13. The topological polar surface area (TPSA) is 56.7 Å². The standard InChI is InChI=1S/C11H17N3O2S/c1-9-8-17-10(12-9)6-13-2-4-14(5-3-13)7-11(15)16/h8H,2-7H2,1H3,(H,15,16). The van der Waals surface area contributed by atoms with Crippen molar-refractivity contribution in [2.45, 2.75) is 13.5 Å². The lowest BCUT2D eigenvalue weighted by Gasteiger charge is -2.33. The molecule has 2 rings (SSSR count). The van der Waals surface area contributed by atoms with E-state index < -0.39 is 5.97 Å². The van der Waals surface area contributed by atoms with Crippen LogP contribution in [-0.4, -0.2) is 58.6 Å². The first kappa shape index (κ1) is 12.5. The molecule has 0 spiro atoms. The van der Waals surface area contributed by atoms with E-state index in [1.54, 1.807) is 11.3 Å². The lowest BCUT2D eigenvalue weighted by atomic mass is 10.3. The minimum Gasteiger partial charge on any atom is -0.480 e. The van der Waals surface area contributed by atoms with Gasteiger partial charge in [0.05, 0.1) is 13.1 Å². The number of aliphatic carboxylic acids is 1. The van der Waals surface area contributed by atoms with Crippen LogP contribution >= 0.6 is 11.3 Å². The molecular formula is C11H17N3O2S. The number of hydrogen-bond donors (Lipinski definition) is 1. The highest BCUT2D eigenvalue weighted by molar-refractivity contribution is 7.09. The van der Waals surface area contributed by atoms with Gasteiger partial charge in [0, 0.05) is 37.3 Å². The van der Waals surface area contributed by atoms with E-state index in [0.717, 1.165) is 43.4 Å². The van der Waals surface area contributed by atoms with E-state index in [9.17, 15) is 4.79 Å². The van der Waals surface area contributed by atoms with Crippen molar-refractivity contribution >= 4 is 17.3 Å². The predicted molar refractivity (Wildman–Crippen MR) is 66.2 cm³/mol. The molecule has 0 aliphatic carbocycles. The quantitative estimate of drug-likeness (QED) is 0.856. The molecule has 2 heterocycles. The van der Waals surface area contributed by atoms with Crippen molar-refractivity contribution in [3.63, 3.8) is 0 Å². The molecule has 0 aromatic carbocycles. The summed E-state index contributed by atoms with van der Waals surface area (Å²) in [5.74, 6) is -0.742. The van der Waals surface area contributed by atoms with E-state index >= 15 is 0 Å². The number of carboxylic acid groups (broad SMARTS) is 1. The largest absolute Gasteiger partial charge is 0.480 e. The van der Waals surface area contributed by atoms with Gasteiger partial charge in [0.25, 0.3) is 0 Å². The van der Waals surface area contributed by atoms with Gasteiger partial charge in [-0.1, -0.05) is 0 Å². The number of rotatable bonds is 4. The molecule has 5 nitrogen and oxygen atoms in total. The molecule has 17 heavy (non-hydrogen) atoms. The molecule has 0 radical (unpaired) electrons. The summed E-state index contributed by atoms with van der Waals surface area (Å²) in [7, 11) is 0. The Morgan fingerprint density at radius 1 is 1.41 bits per heavy atom. The molecule has 1 aromatic heterocycles. The van der Waals surface area contributed by atoms with Crippen LogP contribution < -0.4 is 0 Å². The van der Waals surface area contributed by atoms with E-state index in [2.05, 4.69) is 15.3 Å². The fourth-order valence-electron chi connectivity index (χ4n) is 1.96. The van der Waals surface area contributed by atoms with Gasteiger partial charge < -0.3 is 5.11 Å². The van der Waals surface area contributed by atoms with Crippen LogP contribution in [0.15, 0.2) is 5.38 Å². The Balaban J connectivity index is 1.77. The lowest BCUT2D eigenvalue weighted by molar-refractivity contribution is -0.138. The molecule has 0 unspecified atom stereocenters. The first-order chi connectivity index (χ1) is 8.13. The molecular weight excluding hydrogens is 238 g/mol. The average molecular weight is 255 g/mol. The van der Waals surface area contributed by atoms with Gasteiger partial charge in [-0.3, -0.25) is 14.6 Å². The Hall–Kier alpha value is -0.980. The molecule has 0 saturated carbocycles. The van der Waals surface area contributed by atoms with Crippen LogP contribution in [0, 0.1) is 6.92 Å². The summed E-state index contributed by atoms with van der Waals surface area (Å²) in [6.07, 6.45) is 0. The highest BCUT2D eigenvalue weighted by Gasteiger charge is 2.19. The van der Waals surface area contributed by atoms with Crippen molar-refractivity contribution in [2.24, 2.45) is 0 Å². The summed E-state index contributed by atoms with van der Waals surface area (Å²) in [4.78, 5) is 19.3. The summed E-state index contributed by atoms with van der Waals surface area (Å²) in [5.41, 5.74) is 1.08. The molecule has 1 aromatic rings. The maximum absolute atomic E-state index is 10.6. The Labute approximate surface area is 105 Å². The van der Waals surface area contributed by atoms with Crippen LogP contribution in [0.4, 0.5) is 0 Å². The van der Waals surface area contributed by atoms with Gasteiger partial charge in [0.2, 0.25) is 0 Å². The molecule has 1 saturated heterocycles. The highest BCUT2D eigenvalue weighted by atomic mass is 32.1. The molecule has 0 bridgehead atoms. The average Bonchev–Trinajstić information content (AvgIpc) is 2.66. The zero-order valence-corrected chi connectivity index (χ0v) is 10.7. The normalized spacial score (nSPS) is 18.4. The third kappa shape index (κ3) is 3.76. The van der Waals surface area contributed by atoms with Crippen molar-refractivity contribution in [3.05, 3.63) is 16.1 Å². The second-order valence-electron chi connectivity index (χ2n) is 4.33. The van der Waals surface area contributed by atoms with Gasteiger partial charge in [0.15, 0.2) is 0 Å². The monoisotopic (exact) mass is 255 g/mol. The molecule has 6 heteroatoms. The number of aryl methyl sites for hydroxylation is 1. The molecule has 94 valence electrons. The SMILES string of the molecule is Cc1csc(CN2CCN(CC(=O)O)CC2)n1. The summed E-state index contributed by atoms with van der Waals surface area (Å²) >= 11 is 1.69. The van der Waals surface area contributed by atoms with E-state index in [0.29, 0.717) is 0 Å². The van der Waals surface area contributed by atoms with Gasteiger partial charge >= 0.3 is 5.97 Å². The second-order valence-corrected chi connectivity index (χ2v) is 5.27. The van der Waals surface area contributed by atoms with Crippen molar-refractivity contribution in [1.82, 2.24) is 14.8 Å². The Morgan fingerprint density at radius 2 is 2.06 bits per heavy atom. The first-order valence-corrected chi connectivity index (χ1v) is 6.59. The number of piperazine rings is 1. The summed E-state index contributed by atoms with van der Waals surface area (Å²) in [5, 5.41) is 11.9. The minimum absolute atomic E-state index is 0.157.